The topological polar surface area (TPSA) is 64.6 Å². The van der Waals surface area contributed by atoms with Crippen LogP contribution in [-0.2, 0) is 4.79 Å². The van der Waals surface area contributed by atoms with Crippen molar-refractivity contribution in [2.45, 2.75) is 12.8 Å². The first-order chi connectivity index (χ1) is 14.0. The minimum Gasteiger partial charge on any atom is -0.493 e. The summed E-state index contributed by atoms with van der Waals surface area (Å²) in [6.45, 7) is 0. The number of ketones is 1. The van der Waals surface area contributed by atoms with Crippen molar-refractivity contribution in [1.29, 1.82) is 0 Å². The molecular weight excluding hydrogens is 373 g/mol. The summed E-state index contributed by atoms with van der Waals surface area (Å²) in [5.41, 5.74) is 0.980. The average molecular weight is 393 g/mol. The number of benzene rings is 3. The van der Waals surface area contributed by atoms with Gasteiger partial charge in [0.25, 0.3) is 0 Å². The summed E-state index contributed by atoms with van der Waals surface area (Å²) in [4.78, 5) is 24.1. The largest absolute Gasteiger partial charge is 0.493 e. The van der Waals surface area contributed by atoms with Gasteiger partial charge in [0.15, 0.2) is 17.3 Å². The molecule has 3 aromatic carbocycles. The number of anilines is 1. The van der Waals surface area contributed by atoms with Crippen molar-refractivity contribution in [2.75, 3.05) is 12.4 Å². The molecule has 0 saturated carbocycles. The number of halogens is 1. The van der Waals surface area contributed by atoms with Gasteiger partial charge in [-0.3, -0.25) is 9.59 Å². The number of rotatable bonds is 8. The molecule has 0 radical (unpaired) electrons. The van der Waals surface area contributed by atoms with Gasteiger partial charge in [-0.05, 0) is 60.7 Å². The zero-order chi connectivity index (χ0) is 20.6. The first-order valence-corrected chi connectivity index (χ1v) is 9.05. The maximum atomic E-state index is 12.9. The van der Waals surface area contributed by atoms with Gasteiger partial charge in [0.1, 0.15) is 11.6 Å². The van der Waals surface area contributed by atoms with Gasteiger partial charge in [-0.15, -0.1) is 0 Å². The van der Waals surface area contributed by atoms with Crippen LogP contribution < -0.4 is 14.8 Å². The van der Waals surface area contributed by atoms with Crippen molar-refractivity contribution >= 4 is 17.4 Å². The molecule has 0 fully saturated rings. The number of Topliss-reactive ketones (excluding diaryl/α,β-unsaturated/α-hetero) is 1. The second-order valence-electron chi connectivity index (χ2n) is 6.26. The van der Waals surface area contributed by atoms with E-state index in [0.717, 1.165) is 0 Å². The number of carbonyl (C=O) groups is 2. The maximum absolute atomic E-state index is 12.9. The maximum Gasteiger partial charge on any atom is 0.224 e. The highest BCUT2D eigenvalue weighted by atomic mass is 19.1. The van der Waals surface area contributed by atoms with Crippen LogP contribution in [0.15, 0.2) is 72.8 Å². The average Bonchev–Trinajstić information content (AvgIpc) is 2.74. The molecule has 0 aliphatic carbocycles. The molecule has 0 aliphatic heterocycles. The normalized spacial score (nSPS) is 10.3. The van der Waals surface area contributed by atoms with Crippen molar-refractivity contribution in [2.24, 2.45) is 0 Å². The van der Waals surface area contributed by atoms with Crippen LogP contribution in [0.25, 0.3) is 0 Å². The first-order valence-electron chi connectivity index (χ1n) is 9.05. The predicted octanol–water partition coefficient (Wildman–Crippen LogP) is 5.23. The van der Waals surface area contributed by atoms with E-state index >= 15 is 0 Å². The quantitative estimate of drug-likeness (QED) is 0.533. The van der Waals surface area contributed by atoms with Crippen LogP contribution in [0.1, 0.15) is 23.2 Å². The molecule has 0 atom stereocenters. The Morgan fingerprint density at radius 1 is 0.862 bits per heavy atom. The molecule has 0 saturated heterocycles. The van der Waals surface area contributed by atoms with E-state index in [0.29, 0.717) is 28.5 Å². The number of nitrogens with one attached hydrogen (secondary N) is 1. The van der Waals surface area contributed by atoms with Gasteiger partial charge in [-0.25, -0.2) is 4.39 Å². The number of ether oxygens (including phenoxy) is 2. The van der Waals surface area contributed by atoms with E-state index in [2.05, 4.69) is 5.32 Å². The summed E-state index contributed by atoms with van der Waals surface area (Å²) in [6, 6.07) is 19.5. The van der Waals surface area contributed by atoms with Crippen molar-refractivity contribution in [3.63, 3.8) is 0 Å². The molecule has 29 heavy (non-hydrogen) atoms. The Kier molecular flexibility index (Phi) is 6.58. The lowest BCUT2D eigenvalue weighted by Crippen LogP contribution is -2.13. The molecule has 0 aliphatic rings. The summed E-state index contributed by atoms with van der Waals surface area (Å²) in [5.74, 6) is 0.915. The van der Waals surface area contributed by atoms with E-state index < -0.39 is 5.82 Å². The molecule has 3 aromatic rings. The van der Waals surface area contributed by atoms with Crippen molar-refractivity contribution in [1.82, 2.24) is 0 Å². The number of amides is 1. The molecule has 6 heteroatoms. The van der Waals surface area contributed by atoms with Crippen LogP contribution in [0.4, 0.5) is 10.1 Å². The third-order valence-electron chi connectivity index (χ3n) is 4.18. The van der Waals surface area contributed by atoms with Crippen molar-refractivity contribution in [3.8, 4) is 17.2 Å². The standard InChI is InChI=1S/C23H20FNO4/c1-28-21-4-2-3-5-22(21)29-19-12-10-18(11-13-19)25-23(27)15-14-20(26)16-6-8-17(24)9-7-16/h2-13H,14-15H2,1H3,(H,25,27). The van der Waals surface area contributed by atoms with E-state index in [-0.39, 0.29) is 24.5 Å². The third kappa shape index (κ3) is 5.65. The molecule has 0 bridgehead atoms. The van der Waals surface area contributed by atoms with Crippen LogP contribution in [0.3, 0.4) is 0 Å². The van der Waals surface area contributed by atoms with Gasteiger partial charge in [0.05, 0.1) is 7.11 Å². The van der Waals surface area contributed by atoms with Gasteiger partial charge < -0.3 is 14.8 Å². The highest BCUT2D eigenvalue weighted by Gasteiger charge is 2.10. The Morgan fingerprint density at radius 3 is 2.17 bits per heavy atom. The molecule has 1 N–H and O–H groups in total. The Bertz CT molecular complexity index is 985. The second-order valence-corrected chi connectivity index (χ2v) is 6.26. The summed E-state index contributed by atoms with van der Waals surface area (Å²) in [7, 11) is 1.57. The number of carbonyl (C=O) groups excluding carboxylic acids is 2. The van der Waals surface area contributed by atoms with Gasteiger partial charge in [0.2, 0.25) is 5.91 Å². The van der Waals surface area contributed by atoms with Crippen LogP contribution in [0.2, 0.25) is 0 Å². The number of methoxy groups -OCH3 is 1. The Morgan fingerprint density at radius 2 is 1.52 bits per heavy atom. The lowest BCUT2D eigenvalue weighted by Gasteiger charge is -2.11. The molecule has 1 amide bonds. The zero-order valence-corrected chi connectivity index (χ0v) is 15.9. The minimum atomic E-state index is -0.405. The monoisotopic (exact) mass is 393 g/mol. The molecule has 5 nitrogen and oxygen atoms in total. The van der Waals surface area contributed by atoms with Gasteiger partial charge in [-0.2, -0.15) is 0 Å². The summed E-state index contributed by atoms with van der Waals surface area (Å²) in [5, 5.41) is 2.74. The highest BCUT2D eigenvalue weighted by Crippen LogP contribution is 2.31. The van der Waals surface area contributed by atoms with Crippen LogP contribution >= 0.6 is 0 Å². The summed E-state index contributed by atoms with van der Waals surface area (Å²) >= 11 is 0. The van der Waals surface area contributed by atoms with Crippen molar-refractivity contribution in [3.05, 3.63) is 84.2 Å². The van der Waals surface area contributed by atoms with Gasteiger partial charge >= 0.3 is 0 Å². The fourth-order valence-electron chi connectivity index (χ4n) is 2.67. The van der Waals surface area contributed by atoms with Crippen LogP contribution in [-0.4, -0.2) is 18.8 Å². The van der Waals surface area contributed by atoms with Crippen molar-refractivity contribution < 1.29 is 23.5 Å². The SMILES string of the molecule is COc1ccccc1Oc1ccc(NC(=O)CCC(=O)c2ccc(F)cc2)cc1. The molecule has 148 valence electrons. The van der Waals surface area contributed by atoms with Gasteiger partial charge in [-0.1, -0.05) is 12.1 Å². The number of hydrogen-bond acceptors (Lipinski definition) is 4. The molecule has 0 unspecified atom stereocenters. The molecule has 0 heterocycles. The van der Waals surface area contributed by atoms with E-state index in [1.807, 2.05) is 12.1 Å². The third-order valence-corrected chi connectivity index (χ3v) is 4.18. The van der Waals surface area contributed by atoms with Crippen LogP contribution in [0, 0.1) is 5.82 Å². The predicted molar refractivity (Wildman–Crippen MR) is 108 cm³/mol. The molecular formula is C23H20FNO4. The number of hydrogen-bond donors (Lipinski definition) is 1. The van der Waals surface area contributed by atoms with Gasteiger partial charge in [0, 0.05) is 24.1 Å². The highest BCUT2D eigenvalue weighted by molar-refractivity contribution is 5.99. The Balaban J connectivity index is 1.52. The zero-order valence-electron chi connectivity index (χ0n) is 15.9. The minimum absolute atomic E-state index is 0.0374. The summed E-state index contributed by atoms with van der Waals surface area (Å²) < 4.78 is 23.9. The smallest absolute Gasteiger partial charge is 0.224 e. The Labute approximate surface area is 168 Å². The Hall–Kier alpha value is -3.67. The van der Waals surface area contributed by atoms with Crippen LogP contribution in [0.5, 0.6) is 17.2 Å². The lowest BCUT2D eigenvalue weighted by atomic mass is 10.1. The summed E-state index contributed by atoms with van der Waals surface area (Å²) in [6.07, 6.45) is 0.0855. The first kappa shape index (κ1) is 20.1. The fourth-order valence-corrected chi connectivity index (χ4v) is 2.67. The molecule has 3 rings (SSSR count). The van der Waals surface area contributed by atoms with E-state index in [4.69, 9.17) is 9.47 Å². The van der Waals surface area contributed by atoms with E-state index in [1.54, 1.807) is 43.5 Å². The number of para-hydroxylation sites is 2. The molecule has 0 spiro atoms. The second kappa shape index (κ2) is 9.50. The van der Waals surface area contributed by atoms with E-state index in [1.165, 1.54) is 24.3 Å². The van der Waals surface area contributed by atoms with E-state index in [9.17, 15) is 14.0 Å². The fraction of sp³-hybridized carbons (Fsp3) is 0.130. The molecule has 0 aromatic heterocycles. The lowest BCUT2D eigenvalue weighted by molar-refractivity contribution is -0.116.